The van der Waals surface area contributed by atoms with Crippen molar-refractivity contribution >= 4 is 21.6 Å². The van der Waals surface area contributed by atoms with E-state index in [0.29, 0.717) is 5.75 Å². The van der Waals surface area contributed by atoms with Gasteiger partial charge < -0.3 is 0 Å². The summed E-state index contributed by atoms with van der Waals surface area (Å²) >= 11 is 1.39. The summed E-state index contributed by atoms with van der Waals surface area (Å²) in [5.74, 6) is -1.33. The summed E-state index contributed by atoms with van der Waals surface area (Å²) in [6, 6.07) is 1.19. The molecule has 2 atom stereocenters. The Kier molecular flexibility index (Phi) is 4.91. The summed E-state index contributed by atoms with van der Waals surface area (Å²) in [4.78, 5) is 1.24. The fourth-order valence-corrected chi connectivity index (χ4v) is 4.62. The monoisotopic (exact) mass is 302 g/mol. The Balaban J connectivity index is 2.83. The van der Waals surface area contributed by atoms with Crippen LogP contribution in [0.3, 0.4) is 0 Å². The fraction of sp³-hybridized carbons (Fsp3) is 0.889. The number of sulfone groups is 1. The minimum Gasteiger partial charge on any atom is -0.284 e. The van der Waals surface area contributed by atoms with Crippen LogP contribution in [0.2, 0.25) is 0 Å². The van der Waals surface area contributed by atoms with Gasteiger partial charge in [0.05, 0.1) is 6.07 Å². The van der Waals surface area contributed by atoms with Crippen LogP contribution in [0.1, 0.15) is 0 Å². The molecule has 1 saturated heterocycles. The molecule has 0 aromatic carbocycles. The van der Waals surface area contributed by atoms with E-state index in [9.17, 15) is 21.6 Å². The Morgan fingerprint density at radius 2 is 2.17 bits per heavy atom. The first kappa shape index (κ1) is 15.6. The molecule has 1 aliphatic rings. The van der Waals surface area contributed by atoms with Crippen LogP contribution in [0.25, 0.3) is 0 Å². The van der Waals surface area contributed by atoms with E-state index in [1.54, 1.807) is 0 Å². The van der Waals surface area contributed by atoms with Crippen molar-refractivity contribution in [1.82, 2.24) is 4.90 Å². The molecule has 0 spiro atoms. The van der Waals surface area contributed by atoms with Crippen molar-refractivity contribution < 1.29 is 21.6 Å². The van der Waals surface area contributed by atoms with Gasteiger partial charge in [-0.2, -0.15) is 30.2 Å². The van der Waals surface area contributed by atoms with Crippen LogP contribution in [0.4, 0.5) is 13.2 Å². The molecule has 1 rings (SSSR count). The van der Waals surface area contributed by atoms with Crippen molar-refractivity contribution in [3.05, 3.63) is 0 Å². The SMILES string of the molecule is CS(=O)(=O)C1CSCCN1CC(C#N)C(F)(F)F. The third-order valence-electron chi connectivity index (χ3n) is 2.65. The zero-order chi connectivity index (χ0) is 14.0. The summed E-state index contributed by atoms with van der Waals surface area (Å²) < 4.78 is 60.5. The molecule has 0 amide bonds. The Bertz CT molecular complexity index is 430. The van der Waals surface area contributed by atoms with E-state index in [1.807, 2.05) is 0 Å². The molecule has 0 aromatic rings. The lowest BCUT2D eigenvalue weighted by atomic mass is 10.1. The summed E-state index contributed by atoms with van der Waals surface area (Å²) in [5, 5.41) is 7.59. The smallest absolute Gasteiger partial charge is 0.284 e. The number of thioether (sulfide) groups is 1. The predicted octanol–water partition coefficient (Wildman–Crippen LogP) is 1.11. The molecular formula is C9H13F3N2O2S2. The van der Waals surface area contributed by atoms with Crippen molar-refractivity contribution in [3.63, 3.8) is 0 Å². The standard InChI is InChI=1S/C9H13F3N2O2S2/c1-18(15,16)8-6-17-3-2-14(8)5-7(4-13)9(10,11)12/h7-8H,2-3,5-6H2,1H3. The van der Waals surface area contributed by atoms with Gasteiger partial charge in [0, 0.05) is 30.9 Å². The van der Waals surface area contributed by atoms with E-state index in [1.165, 1.54) is 22.7 Å². The van der Waals surface area contributed by atoms with Gasteiger partial charge in [-0.3, -0.25) is 4.90 Å². The quantitative estimate of drug-likeness (QED) is 0.781. The van der Waals surface area contributed by atoms with E-state index < -0.39 is 33.9 Å². The number of nitrogens with zero attached hydrogens (tertiary/aromatic N) is 2. The number of nitriles is 1. The zero-order valence-corrected chi connectivity index (χ0v) is 11.3. The maximum Gasteiger partial charge on any atom is 0.405 e. The predicted molar refractivity (Wildman–Crippen MR) is 62.7 cm³/mol. The first-order valence-electron chi connectivity index (χ1n) is 5.13. The highest BCUT2D eigenvalue weighted by molar-refractivity contribution is 8.00. The van der Waals surface area contributed by atoms with E-state index >= 15 is 0 Å². The van der Waals surface area contributed by atoms with Crippen molar-refractivity contribution in [2.75, 3.05) is 30.9 Å². The van der Waals surface area contributed by atoms with Crippen molar-refractivity contribution in [2.45, 2.75) is 11.6 Å². The topological polar surface area (TPSA) is 61.2 Å². The van der Waals surface area contributed by atoms with Crippen LogP contribution in [0, 0.1) is 17.2 Å². The molecule has 0 aromatic heterocycles. The lowest BCUT2D eigenvalue weighted by Gasteiger charge is -2.35. The largest absolute Gasteiger partial charge is 0.405 e. The minimum absolute atomic E-state index is 0.245. The Labute approximate surface area is 108 Å². The summed E-state index contributed by atoms with van der Waals surface area (Å²) in [6.07, 6.45) is -3.62. The van der Waals surface area contributed by atoms with Crippen LogP contribution >= 0.6 is 11.8 Å². The normalized spacial score (nSPS) is 24.5. The molecule has 2 unspecified atom stereocenters. The van der Waals surface area contributed by atoms with Gasteiger partial charge in [-0.15, -0.1) is 0 Å². The molecule has 0 N–H and O–H groups in total. The minimum atomic E-state index is -4.62. The Morgan fingerprint density at radius 1 is 1.56 bits per heavy atom. The molecular weight excluding hydrogens is 289 g/mol. The highest BCUT2D eigenvalue weighted by Crippen LogP contribution is 2.29. The number of alkyl halides is 3. The molecule has 104 valence electrons. The van der Waals surface area contributed by atoms with Crippen LogP contribution < -0.4 is 0 Å². The highest BCUT2D eigenvalue weighted by atomic mass is 32.2. The summed E-state index contributed by atoms with van der Waals surface area (Å²) in [5.41, 5.74) is 0. The maximum atomic E-state index is 12.5. The van der Waals surface area contributed by atoms with Crippen LogP contribution in [-0.4, -0.2) is 55.7 Å². The van der Waals surface area contributed by atoms with Gasteiger partial charge in [-0.1, -0.05) is 0 Å². The molecule has 1 fully saturated rings. The molecule has 1 heterocycles. The molecule has 18 heavy (non-hydrogen) atoms. The van der Waals surface area contributed by atoms with Gasteiger partial charge in [0.1, 0.15) is 5.37 Å². The second-order valence-corrected chi connectivity index (χ2v) is 7.43. The Morgan fingerprint density at radius 3 is 2.61 bits per heavy atom. The number of hydrogen-bond donors (Lipinski definition) is 0. The van der Waals surface area contributed by atoms with Crippen LogP contribution in [0.15, 0.2) is 0 Å². The lowest BCUT2D eigenvalue weighted by Crippen LogP contribution is -2.50. The van der Waals surface area contributed by atoms with Gasteiger partial charge >= 0.3 is 6.18 Å². The van der Waals surface area contributed by atoms with E-state index in [0.717, 1.165) is 6.26 Å². The molecule has 0 saturated carbocycles. The molecule has 1 aliphatic heterocycles. The van der Waals surface area contributed by atoms with Crippen molar-refractivity contribution in [1.29, 1.82) is 5.26 Å². The number of halogens is 3. The second kappa shape index (κ2) is 5.67. The molecule has 0 radical (unpaired) electrons. The fourth-order valence-electron chi connectivity index (χ4n) is 1.67. The van der Waals surface area contributed by atoms with E-state index in [2.05, 4.69) is 0 Å². The van der Waals surface area contributed by atoms with Crippen molar-refractivity contribution in [2.24, 2.45) is 5.92 Å². The maximum absolute atomic E-state index is 12.5. The van der Waals surface area contributed by atoms with Crippen LogP contribution in [0.5, 0.6) is 0 Å². The molecule has 0 bridgehead atoms. The van der Waals surface area contributed by atoms with Crippen LogP contribution in [-0.2, 0) is 9.84 Å². The Hall–Kier alpha value is -0.460. The van der Waals surface area contributed by atoms with Gasteiger partial charge in [-0.25, -0.2) is 8.42 Å². The zero-order valence-electron chi connectivity index (χ0n) is 9.64. The number of hydrogen-bond acceptors (Lipinski definition) is 5. The van der Waals surface area contributed by atoms with E-state index in [-0.39, 0.29) is 12.3 Å². The highest BCUT2D eigenvalue weighted by Gasteiger charge is 2.43. The lowest BCUT2D eigenvalue weighted by molar-refractivity contribution is -0.163. The van der Waals surface area contributed by atoms with Gasteiger partial charge in [-0.05, 0) is 0 Å². The van der Waals surface area contributed by atoms with Gasteiger partial charge in [0.25, 0.3) is 0 Å². The van der Waals surface area contributed by atoms with Crippen molar-refractivity contribution in [3.8, 4) is 6.07 Å². The third kappa shape index (κ3) is 4.03. The average Bonchev–Trinajstić information content (AvgIpc) is 2.23. The first-order chi connectivity index (χ1) is 8.16. The molecule has 9 heteroatoms. The molecule has 4 nitrogen and oxygen atoms in total. The third-order valence-corrected chi connectivity index (χ3v) is 5.34. The summed E-state index contributed by atoms with van der Waals surface area (Å²) in [6.45, 7) is -0.338. The summed E-state index contributed by atoms with van der Waals surface area (Å²) in [7, 11) is -3.45. The van der Waals surface area contributed by atoms with Gasteiger partial charge in [0.2, 0.25) is 0 Å². The average molecular weight is 302 g/mol. The first-order valence-corrected chi connectivity index (χ1v) is 8.24. The second-order valence-electron chi connectivity index (χ2n) is 4.08. The van der Waals surface area contributed by atoms with Gasteiger partial charge in [0.15, 0.2) is 15.8 Å². The van der Waals surface area contributed by atoms with E-state index in [4.69, 9.17) is 5.26 Å². The molecule has 0 aliphatic carbocycles. The number of rotatable bonds is 3.